The molecule has 0 aromatic carbocycles. The summed E-state index contributed by atoms with van der Waals surface area (Å²) in [5, 5.41) is 6.67. The molecule has 1 amide bonds. The maximum atomic E-state index is 12.6. The number of carbonyl (C=O) groups is 1. The summed E-state index contributed by atoms with van der Waals surface area (Å²) in [6.45, 7) is 2.05. The van der Waals surface area contributed by atoms with E-state index >= 15 is 0 Å². The second kappa shape index (κ2) is 9.61. The summed E-state index contributed by atoms with van der Waals surface area (Å²) >= 11 is 0. The van der Waals surface area contributed by atoms with E-state index in [1.807, 2.05) is 0 Å². The number of likely N-dealkylation sites (N-methyl/N-ethyl adjacent to an activating group) is 1. The molecule has 9 heteroatoms. The van der Waals surface area contributed by atoms with Crippen LogP contribution in [-0.4, -0.2) is 80.2 Å². The zero-order chi connectivity index (χ0) is 20.0. The van der Waals surface area contributed by atoms with Gasteiger partial charge in [0.1, 0.15) is 6.54 Å². The Balaban J connectivity index is 1.97. The standard InChI is InChI=1S/C18H32F3N5O/c1-13-6-4-5-7-15(13)24-17(22-10-16(27)25(2)3)23-14-8-9-26(11-14)12-18(19,20)21/h13-15H,4-12H2,1-3H3,(H2,22,23,24). The SMILES string of the molecule is CC1CCCCC1NC(=NCC(=O)N(C)C)NC1CCN(CC(F)(F)F)C1. The van der Waals surface area contributed by atoms with Crippen LogP contribution >= 0.6 is 0 Å². The van der Waals surface area contributed by atoms with Gasteiger partial charge < -0.3 is 15.5 Å². The number of amides is 1. The molecule has 2 fully saturated rings. The zero-order valence-electron chi connectivity index (χ0n) is 16.5. The van der Waals surface area contributed by atoms with E-state index in [9.17, 15) is 18.0 Å². The first-order valence-electron chi connectivity index (χ1n) is 9.71. The number of halogens is 3. The highest BCUT2D eigenvalue weighted by Gasteiger charge is 2.34. The average molecular weight is 391 g/mol. The van der Waals surface area contributed by atoms with Crippen molar-refractivity contribution in [3.8, 4) is 0 Å². The van der Waals surface area contributed by atoms with Gasteiger partial charge in [0.05, 0.1) is 6.54 Å². The number of rotatable bonds is 5. The van der Waals surface area contributed by atoms with Gasteiger partial charge in [-0.3, -0.25) is 9.69 Å². The Bertz CT molecular complexity index is 524. The van der Waals surface area contributed by atoms with Crippen molar-refractivity contribution in [3.63, 3.8) is 0 Å². The third-order valence-corrected chi connectivity index (χ3v) is 5.32. The lowest BCUT2D eigenvalue weighted by Gasteiger charge is -2.31. The van der Waals surface area contributed by atoms with Crippen LogP contribution in [0, 0.1) is 5.92 Å². The molecular formula is C18H32F3N5O. The van der Waals surface area contributed by atoms with Crippen LogP contribution in [0.1, 0.15) is 39.0 Å². The highest BCUT2D eigenvalue weighted by molar-refractivity contribution is 5.85. The van der Waals surface area contributed by atoms with E-state index < -0.39 is 12.7 Å². The van der Waals surface area contributed by atoms with Gasteiger partial charge in [-0.2, -0.15) is 13.2 Å². The second-order valence-corrected chi connectivity index (χ2v) is 7.95. The van der Waals surface area contributed by atoms with Gasteiger partial charge in [0.15, 0.2) is 5.96 Å². The monoisotopic (exact) mass is 391 g/mol. The minimum Gasteiger partial charge on any atom is -0.353 e. The number of nitrogens with zero attached hydrogens (tertiary/aromatic N) is 3. The molecule has 1 saturated carbocycles. The first-order chi connectivity index (χ1) is 12.6. The number of alkyl halides is 3. The Labute approximate surface area is 159 Å². The van der Waals surface area contributed by atoms with E-state index in [-0.39, 0.29) is 24.5 Å². The number of hydrogen-bond donors (Lipinski definition) is 2. The Morgan fingerprint density at radius 1 is 1.19 bits per heavy atom. The van der Waals surface area contributed by atoms with E-state index in [1.54, 1.807) is 14.1 Å². The van der Waals surface area contributed by atoms with Gasteiger partial charge in [0.2, 0.25) is 5.91 Å². The molecule has 2 aliphatic rings. The molecule has 0 aromatic heterocycles. The van der Waals surface area contributed by atoms with E-state index in [4.69, 9.17) is 0 Å². The summed E-state index contributed by atoms with van der Waals surface area (Å²) < 4.78 is 37.8. The van der Waals surface area contributed by atoms with E-state index in [0.717, 1.165) is 19.3 Å². The molecule has 1 heterocycles. The molecule has 0 aromatic rings. The summed E-state index contributed by atoms with van der Waals surface area (Å²) in [6.07, 6.45) is 0.985. The molecule has 2 rings (SSSR count). The third kappa shape index (κ3) is 7.56. The van der Waals surface area contributed by atoms with Crippen LogP contribution in [0.25, 0.3) is 0 Å². The van der Waals surface area contributed by atoms with Crippen LogP contribution in [0.4, 0.5) is 13.2 Å². The van der Waals surface area contributed by atoms with E-state index in [0.29, 0.717) is 31.4 Å². The van der Waals surface area contributed by atoms with Crippen LogP contribution in [0.5, 0.6) is 0 Å². The topological polar surface area (TPSA) is 60.0 Å². The second-order valence-electron chi connectivity index (χ2n) is 7.95. The Hall–Kier alpha value is -1.51. The maximum absolute atomic E-state index is 12.6. The number of nitrogens with one attached hydrogen (secondary N) is 2. The summed E-state index contributed by atoms with van der Waals surface area (Å²) in [7, 11) is 3.35. The minimum absolute atomic E-state index is 0.0163. The van der Waals surface area contributed by atoms with Crippen molar-refractivity contribution in [3.05, 3.63) is 0 Å². The average Bonchev–Trinajstić information content (AvgIpc) is 2.99. The number of carbonyl (C=O) groups excluding carboxylic acids is 1. The van der Waals surface area contributed by atoms with Gasteiger partial charge >= 0.3 is 6.18 Å². The molecule has 3 unspecified atom stereocenters. The van der Waals surface area contributed by atoms with Gasteiger partial charge in [0, 0.05) is 39.3 Å². The molecular weight excluding hydrogens is 359 g/mol. The summed E-state index contributed by atoms with van der Waals surface area (Å²) in [6, 6.07) is 0.166. The third-order valence-electron chi connectivity index (χ3n) is 5.32. The maximum Gasteiger partial charge on any atom is 0.401 e. The quantitative estimate of drug-likeness (QED) is 0.555. The summed E-state index contributed by atoms with van der Waals surface area (Å²) in [5.74, 6) is 0.918. The van der Waals surface area contributed by atoms with Gasteiger partial charge in [-0.25, -0.2) is 4.99 Å². The molecule has 2 N–H and O–H groups in total. The minimum atomic E-state index is -4.18. The van der Waals surface area contributed by atoms with E-state index in [2.05, 4.69) is 22.5 Å². The van der Waals surface area contributed by atoms with E-state index in [1.165, 1.54) is 16.2 Å². The molecule has 0 bridgehead atoms. The van der Waals surface area contributed by atoms with Crippen LogP contribution in [-0.2, 0) is 4.79 Å². The van der Waals surface area contributed by atoms with Crippen molar-refractivity contribution in [1.29, 1.82) is 0 Å². The number of aliphatic imine (C=N–C) groups is 1. The van der Waals surface area contributed by atoms with Gasteiger partial charge in [-0.1, -0.05) is 19.8 Å². The fourth-order valence-electron chi connectivity index (χ4n) is 3.67. The van der Waals surface area contributed by atoms with Gasteiger partial charge in [0.25, 0.3) is 0 Å². The first-order valence-corrected chi connectivity index (χ1v) is 9.71. The molecule has 27 heavy (non-hydrogen) atoms. The lowest BCUT2D eigenvalue weighted by atomic mass is 9.86. The first kappa shape index (κ1) is 21.8. The van der Waals surface area contributed by atoms with Crippen molar-refractivity contribution >= 4 is 11.9 Å². The molecule has 0 spiro atoms. The molecule has 1 saturated heterocycles. The van der Waals surface area contributed by atoms with Crippen molar-refractivity contribution in [2.75, 3.05) is 40.3 Å². The lowest BCUT2D eigenvalue weighted by Crippen LogP contribution is -2.51. The fourth-order valence-corrected chi connectivity index (χ4v) is 3.67. The largest absolute Gasteiger partial charge is 0.401 e. The smallest absolute Gasteiger partial charge is 0.353 e. The fraction of sp³-hybridized carbons (Fsp3) is 0.889. The van der Waals surface area contributed by atoms with Crippen molar-refractivity contribution in [2.45, 2.75) is 57.3 Å². The van der Waals surface area contributed by atoms with Crippen molar-refractivity contribution in [2.24, 2.45) is 10.9 Å². The molecule has 156 valence electrons. The Morgan fingerprint density at radius 3 is 2.52 bits per heavy atom. The van der Waals surface area contributed by atoms with Crippen LogP contribution in [0.15, 0.2) is 4.99 Å². The molecule has 6 nitrogen and oxygen atoms in total. The molecule has 0 radical (unpaired) electrons. The predicted octanol–water partition coefficient (Wildman–Crippen LogP) is 1.83. The lowest BCUT2D eigenvalue weighted by molar-refractivity contribution is -0.143. The van der Waals surface area contributed by atoms with Crippen LogP contribution in [0.3, 0.4) is 0 Å². The van der Waals surface area contributed by atoms with Crippen molar-refractivity contribution in [1.82, 2.24) is 20.4 Å². The predicted molar refractivity (Wildman–Crippen MR) is 99.6 cm³/mol. The van der Waals surface area contributed by atoms with Crippen LogP contribution < -0.4 is 10.6 Å². The molecule has 3 atom stereocenters. The van der Waals surface area contributed by atoms with Gasteiger partial charge in [-0.05, 0) is 25.2 Å². The highest BCUT2D eigenvalue weighted by atomic mass is 19.4. The Kier molecular flexibility index (Phi) is 7.76. The summed E-state index contributed by atoms with van der Waals surface area (Å²) in [4.78, 5) is 19.2. The van der Waals surface area contributed by atoms with Crippen molar-refractivity contribution < 1.29 is 18.0 Å². The zero-order valence-corrected chi connectivity index (χ0v) is 16.5. The Morgan fingerprint density at radius 2 is 1.89 bits per heavy atom. The number of guanidine groups is 1. The highest BCUT2D eigenvalue weighted by Crippen LogP contribution is 2.24. The van der Waals surface area contributed by atoms with Gasteiger partial charge in [-0.15, -0.1) is 0 Å². The normalized spacial score (nSPS) is 27.5. The summed E-state index contributed by atoms with van der Waals surface area (Å²) in [5.41, 5.74) is 0. The number of likely N-dealkylation sites (tertiary alicyclic amines) is 1. The number of hydrogen-bond acceptors (Lipinski definition) is 3. The van der Waals surface area contributed by atoms with Crippen LogP contribution in [0.2, 0.25) is 0 Å². The molecule has 1 aliphatic heterocycles. The molecule has 1 aliphatic carbocycles.